The number of methoxy groups -OCH3 is 1. The molecule has 4 nitrogen and oxygen atoms in total. The van der Waals surface area contributed by atoms with Gasteiger partial charge in [-0.3, -0.25) is 4.79 Å². The minimum atomic E-state index is -0.184. The average molecular weight is 238 g/mol. The zero-order chi connectivity index (χ0) is 12.5. The molecule has 0 radical (unpaired) electrons. The Balaban J connectivity index is 2.28. The summed E-state index contributed by atoms with van der Waals surface area (Å²) in [5, 5.41) is 0. The van der Waals surface area contributed by atoms with Gasteiger partial charge < -0.3 is 14.2 Å². The second-order valence-corrected chi connectivity index (χ2v) is 3.41. The average Bonchev–Trinajstić information content (AvgIpc) is 2.35. The fourth-order valence-electron chi connectivity index (χ4n) is 1.37. The van der Waals surface area contributed by atoms with Gasteiger partial charge in [0.2, 0.25) is 0 Å². The van der Waals surface area contributed by atoms with Gasteiger partial charge in [-0.05, 0) is 25.5 Å². The lowest BCUT2D eigenvalue weighted by atomic mass is 10.3. The third kappa shape index (κ3) is 4.76. The molecule has 17 heavy (non-hydrogen) atoms. The van der Waals surface area contributed by atoms with Crippen LogP contribution in [0.3, 0.4) is 0 Å². The van der Waals surface area contributed by atoms with Gasteiger partial charge in [-0.1, -0.05) is 12.1 Å². The van der Waals surface area contributed by atoms with E-state index in [1.54, 1.807) is 14.0 Å². The number of carbonyl (C=O) groups is 1. The predicted octanol–water partition coefficient (Wildman–Crippen LogP) is 2.42. The van der Waals surface area contributed by atoms with Gasteiger partial charge in [0, 0.05) is 6.42 Å². The van der Waals surface area contributed by atoms with Crippen LogP contribution in [0.2, 0.25) is 0 Å². The largest absolute Gasteiger partial charge is 0.493 e. The van der Waals surface area contributed by atoms with Crippen LogP contribution in [0.15, 0.2) is 24.3 Å². The second kappa shape index (κ2) is 7.54. The van der Waals surface area contributed by atoms with Crippen molar-refractivity contribution in [2.45, 2.75) is 19.8 Å². The van der Waals surface area contributed by atoms with Crippen molar-refractivity contribution >= 4 is 5.97 Å². The molecule has 4 heteroatoms. The van der Waals surface area contributed by atoms with Crippen molar-refractivity contribution in [3.63, 3.8) is 0 Å². The monoisotopic (exact) mass is 238 g/mol. The number of esters is 1. The summed E-state index contributed by atoms with van der Waals surface area (Å²) in [7, 11) is 1.60. The van der Waals surface area contributed by atoms with E-state index >= 15 is 0 Å². The van der Waals surface area contributed by atoms with E-state index in [9.17, 15) is 4.79 Å². The number of hydrogen-bond donors (Lipinski definition) is 0. The summed E-state index contributed by atoms with van der Waals surface area (Å²) in [5.74, 6) is 1.21. The Bertz CT molecular complexity index is 349. The van der Waals surface area contributed by atoms with Crippen LogP contribution in [0.4, 0.5) is 0 Å². The Morgan fingerprint density at radius 3 is 2.59 bits per heavy atom. The molecule has 0 aliphatic heterocycles. The predicted molar refractivity (Wildman–Crippen MR) is 64.4 cm³/mol. The smallest absolute Gasteiger partial charge is 0.305 e. The molecule has 0 aliphatic carbocycles. The first-order valence-corrected chi connectivity index (χ1v) is 5.69. The highest BCUT2D eigenvalue weighted by molar-refractivity contribution is 5.69. The van der Waals surface area contributed by atoms with Gasteiger partial charge in [0.25, 0.3) is 0 Å². The van der Waals surface area contributed by atoms with Gasteiger partial charge in [-0.15, -0.1) is 0 Å². The first kappa shape index (κ1) is 13.4. The van der Waals surface area contributed by atoms with Crippen LogP contribution in [0, 0.1) is 0 Å². The van der Waals surface area contributed by atoms with Crippen LogP contribution in [-0.2, 0) is 9.53 Å². The van der Waals surface area contributed by atoms with Crippen molar-refractivity contribution in [1.82, 2.24) is 0 Å². The Hall–Kier alpha value is -1.71. The Morgan fingerprint density at radius 1 is 1.24 bits per heavy atom. The normalized spacial score (nSPS) is 9.76. The molecule has 94 valence electrons. The van der Waals surface area contributed by atoms with Crippen molar-refractivity contribution in [2.24, 2.45) is 0 Å². The summed E-state index contributed by atoms with van der Waals surface area (Å²) in [6, 6.07) is 7.43. The summed E-state index contributed by atoms with van der Waals surface area (Å²) in [5.41, 5.74) is 0. The minimum Gasteiger partial charge on any atom is -0.493 e. The molecule has 1 aromatic carbocycles. The molecule has 0 aromatic heterocycles. The summed E-state index contributed by atoms with van der Waals surface area (Å²) >= 11 is 0. The Morgan fingerprint density at radius 2 is 1.94 bits per heavy atom. The number of para-hydroxylation sites is 2. The van der Waals surface area contributed by atoms with Crippen LogP contribution in [0.25, 0.3) is 0 Å². The van der Waals surface area contributed by atoms with E-state index in [2.05, 4.69) is 0 Å². The van der Waals surface area contributed by atoms with E-state index < -0.39 is 0 Å². The number of benzene rings is 1. The molecule has 0 N–H and O–H groups in total. The van der Waals surface area contributed by atoms with Crippen molar-refractivity contribution in [3.8, 4) is 11.5 Å². The molecule has 0 amide bonds. The maximum atomic E-state index is 11.1. The van der Waals surface area contributed by atoms with E-state index in [0.29, 0.717) is 37.6 Å². The molecule has 1 rings (SSSR count). The van der Waals surface area contributed by atoms with Crippen LogP contribution < -0.4 is 9.47 Å². The highest BCUT2D eigenvalue weighted by Crippen LogP contribution is 2.25. The highest BCUT2D eigenvalue weighted by atomic mass is 16.5. The molecule has 0 heterocycles. The lowest BCUT2D eigenvalue weighted by molar-refractivity contribution is -0.143. The summed E-state index contributed by atoms with van der Waals surface area (Å²) in [4.78, 5) is 11.1. The molecule has 0 aliphatic rings. The Labute approximate surface area is 101 Å². The summed E-state index contributed by atoms with van der Waals surface area (Å²) in [6.45, 7) is 2.69. The molecule has 1 aromatic rings. The quantitative estimate of drug-likeness (QED) is 0.540. The van der Waals surface area contributed by atoms with Gasteiger partial charge in [0.1, 0.15) is 0 Å². The number of ether oxygens (including phenoxy) is 3. The zero-order valence-electron chi connectivity index (χ0n) is 10.3. The number of carbonyl (C=O) groups excluding carboxylic acids is 1. The lowest BCUT2D eigenvalue weighted by Crippen LogP contribution is -2.07. The van der Waals surface area contributed by atoms with Crippen LogP contribution in [0.1, 0.15) is 19.8 Å². The second-order valence-electron chi connectivity index (χ2n) is 3.41. The SMILES string of the molecule is CCOC(=O)CCCOc1ccccc1OC. The van der Waals surface area contributed by atoms with E-state index in [1.807, 2.05) is 24.3 Å². The van der Waals surface area contributed by atoms with E-state index in [-0.39, 0.29) is 5.97 Å². The summed E-state index contributed by atoms with van der Waals surface area (Å²) < 4.78 is 15.5. The molecule has 0 unspecified atom stereocenters. The van der Waals surface area contributed by atoms with Crippen molar-refractivity contribution in [1.29, 1.82) is 0 Å². The molecule has 0 bridgehead atoms. The van der Waals surface area contributed by atoms with Gasteiger partial charge >= 0.3 is 5.97 Å². The van der Waals surface area contributed by atoms with E-state index in [0.717, 1.165) is 0 Å². The first-order valence-electron chi connectivity index (χ1n) is 5.69. The number of rotatable bonds is 7. The summed E-state index contributed by atoms with van der Waals surface area (Å²) in [6.07, 6.45) is 1.01. The maximum absolute atomic E-state index is 11.1. The molecule has 0 spiro atoms. The topological polar surface area (TPSA) is 44.8 Å². The van der Waals surface area contributed by atoms with Gasteiger partial charge in [-0.25, -0.2) is 0 Å². The standard InChI is InChI=1S/C13H18O4/c1-3-16-13(14)9-6-10-17-12-8-5-4-7-11(12)15-2/h4-5,7-8H,3,6,9-10H2,1-2H3. The molecular weight excluding hydrogens is 220 g/mol. The van der Waals surface area contributed by atoms with Crippen LogP contribution in [0.5, 0.6) is 11.5 Å². The third-order valence-electron chi connectivity index (χ3n) is 2.16. The molecule has 0 saturated carbocycles. The Kier molecular flexibility index (Phi) is 5.93. The molecule has 0 atom stereocenters. The van der Waals surface area contributed by atoms with E-state index in [4.69, 9.17) is 14.2 Å². The lowest BCUT2D eigenvalue weighted by Gasteiger charge is -2.09. The number of hydrogen-bond acceptors (Lipinski definition) is 4. The van der Waals surface area contributed by atoms with Crippen LogP contribution in [-0.4, -0.2) is 26.3 Å². The van der Waals surface area contributed by atoms with Crippen molar-refractivity contribution in [3.05, 3.63) is 24.3 Å². The van der Waals surface area contributed by atoms with Crippen molar-refractivity contribution < 1.29 is 19.0 Å². The van der Waals surface area contributed by atoms with Gasteiger partial charge in [-0.2, -0.15) is 0 Å². The maximum Gasteiger partial charge on any atom is 0.305 e. The zero-order valence-corrected chi connectivity index (χ0v) is 10.3. The highest BCUT2D eigenvalue weighted by Gasteiger charge is 2.04. The van der Waals surface area contributed by atoms with Crippen LogP contribution >= 0.6 is 0 Å². The molecule has 0 fully saturated rings. The third-order valence-corrected chi connectivity index (χ3v) is 2.16. The minimum absolute atomic E-state index is 0.184. The molecule has 0 saturated heterocycles. The first-order chi connectivity index (χ1) is 8.27. The van der Waals surface area contributed by atoms with Gasteiger partial charge in [0.15, 0.2) is 11.5 Å². The fourth-order valence-corrected chi connectivity index (χ4v) is 1.37. The molecular formula is C13H18O4. The van der Waals surface area contributed by atoms with E-state index in [1.165, 1.54) is 0 Å². The van der Waals surface area contributed by atoms with Gasteiger partial charge in [0.05, 0.1) is 20.3 Å². The fraction of sp³-hybridized carbons (Fsp3) is 0.462. The van der Waals surface area contributed by atoms with Crippen molar-refractivity contribution in [2.75, 3.05) is 20.3 Å².